The van der Waals surface area contributed by atoms with Crippen LogP contribution in [0.3, 0.4) is 0 Å². The lowest BCUT2D eigenvalue weighted by Crippen LogP contribution is -2.50. The molecule has 5 nitrogen and oxygen atoms in total. The Bertz CT molecular complexity index is 961. The number of piperazine rings is 1. The van der Waals surface area contributed by atoms with Gasteiger partial charge >= 0.3 is 6.36 Å². The van der Waals surface area contributed by atoms with Gasteiger partial charge < -0.3 is 14.5 Å². The van der Waals surface area contributed by atoms with Crippen molar-refractivity contribution >= 4 is 35.0 Å². The van der Waals surface area contributed by atoms with Crippen molar-refractivity contribution in [3.63, 3.8) is 0 Å². The molecule has 0 aromatic heterocycles. The molecule has 2 aromatic carbocycles. The lowest BCUT2D eigenvalue weighted by atomic mass is 10.1. The Hall–Kier alpha value is -2.45. The number of carbonyl (C=O) groups excluding carboxylic acids is 2. The first-order valence-electron chi connectivity index (χ1n) is 9.50. The molecule has 0 unspecified atom stereocenters. The molecule has 0 bridgehead atoms. The summed E-state index contributed by atoms with van der Waals surface area (Å²) in [5, 5.41) is 0.475. The highest BCUT2D eigenvalue weighted by molar-refractivity contribution is 6.43. The van der Waals surface area contributed by atoms with Gasteiger partial charge in [0.25, 0.3) is 5.91 Å². The molecular formula is C21H19Cl2F3N2O3. The van der Waals surface area contributed by atoms with Crippen molar-refractivity contribution in [3.8, 4) is 5.75 Å². The van der Waals surface area contributed by atoms with Crippen LogP contribution in [0.25, 0.3) is 0 Å². The van der Waals surface area contributed by atoms with Gasteiger partial charge in [-0.2, -0.15) is 0 Å². The number of amides is 2. The quantitative estimate of drug-likeness (QED) is 0.624. The van der Waals surface area contributed by atoms with Crippen LogP contribution in [-0.2, 0) is 11.2 Å². The molecule has 1 heterocycles. The van der Waals surface area contributed by atoms with Crippen molar-refractivity contribution in [2.75, 3.05) is 26.2 Å². The SMILES string of the molecule is O=C(CCc1ccccc1OC(F)(F)F)N1CCN(C(=O)c2cccc(Cl)c2Cl)CC1. The van der Waals surface area contributed by atoms with Crippen LogP contribution in [0.1, 0.15) is 22.3 Å². The minimum absolute atomic E-state index is 0.0340. The largest absolute Gasteiger partial charge is 0.573 e. The van der Waals surface area contributed by atoms with Crippen LogP contribution in [-0.4, -0.2) is 54.2 Å². The number of alkyl halides is 3. The third-order valence-corrected chi connectivity index (χ3v) is 5.73. The molecule has 3 rings (SSSR count). The monoisotopic (exact) mass is 474 g/mol. The minimum atomic E-state index is -4.80. The fourth-order valence-electron chi connectivity index (χ4n) is 3.33. The van der Waals surface area contributed by atoms with E-state index in [1.807, 2.05) is 0 Å². The molecule has 0 radical (unpaired) electrons. The van der Waals surface area contributed by atoms with Crippen LogP contribution in [0.2, 0.25) is 10.0 Å². The number of nitrogens with zero attached hydrogens (tertiary/aromatic N) is 2. The van der Waals surface area contributed by atoms with E-state index in [2.05, 4.69) is 4.74 Å². The lowest BCUT2D eigenvalue weighted by Gasteiger charge is -2.35. The molecule has 0 aliphatic carbocycles. The maximum absolute atomic E-state index is 12.7. The second-order valence-corrected chi connectivity index (χ2v) is 7.72. The van der Waals surface area contributed by atoms with Gasteiger partial charge in [0, 0.05) is 32.6 Å². The van der Waals surface area contributed by atoms with Crippen molar-refractivity contribution in [3.05, 3.63) is 63.6 Å². The topological polar surface area (TPSA) is 49.9 Å². The third-order valence-electron chi connectivity index (χ3n) is 4.91. The summed E-state index contributed by atoms with van der Waals surface area (Å²) in [6.07, 6.45) is -4.65. The summed E-state index contributed by atoms with van der Waals surface area (Å²) in [7, 11) is 0. The highest BCUT2D eigenvalue weighted by Gasteiger charge is 2.32. The zero-order chi connectivity index (χ0) is 22.6. The number of ether oxygens (including phenoxy) is 1. The molecule has 0 atom stereocenters. The van der Waals surface area contributed by atoms with Crippen LogP contribution in [0, 0.1) is 0 Å². The summed E-state index contributed by atoms with van der Waals surface area (Å²) in [5.74, 6) is -0.774. The summed E-state index contributed by atoms with van der Waals surface area (Å²) in [6.45, 7) is 1.29. The Kier molecular flexibility index (Phi) is 7.33. The van der Waals surface area contributed by atoms with Crippen molar-refractivity contribution in [1.29, 1.82) is 0 Å². The maximum atomic E-state index is 12.7. The van der Waals surface area contributed by atoms with Gasteiger partial charge in [0.15, 0.2) is 0 Å². The smallest absolute Gasteiger partial charge is 0.406 e. The average Bonchev–Trinajstić information content (AvgIpc) is 2.73. The molecule has 1 aliphatic heterocycles. The first-order valence-corrected chi connectivity index (χ1v) is 10.3. The van der Waals surface area contributed by atoms with E-state index in [-0.39, 0.29) is 40.5 Å². The predicted molar refractivity (Wildman–Crippen MR) is 110 cm³/mol. The molecule has 1 saturated heterocycles. The van der Waals surface area contributed by atoms with Crippen LogP contribution >= 0.6 is 23.2 Å². The number of hydrogen-bond donors (Lipinski definition) is 0. The second-order valence-electron chi connectivity index (χ2n) is 6.93. The van der Waals surface area contributed by atoms with Gasteiger partial charge in [-0.15, -0.1) is 13.2 Å². The van der Waals surface area contributed by atoms with Crippen molar-refractivity contribution in [2.45, 2.75) is 19.2 Å². The minimum Gasteiger partial charge on any atom is -0.406 e. The molecule has 1 aliphatic rings. The molecule has 0 N–H and O–H groups in total. The van der Waals surface area contributed by atoms with Crippen LogP contribution in [0.4, 0.5) is 13.2 Å². The molecule has 2 amide bonds. The second kappa shape index (κ2) is 9.78. The van der Waals surface area contributed by atoms with Gasteiger partial charge in [0.1, 0.15) is 5.75 Å². The van der Waals surface area contributed by atoms with E-state index in [1.54, 1.807) is 34.1 Å². The van der Waals surface area contributed by atoms with Gasteiger partial charge in [-0.25, -0.2) is 0 Å². The first-order chi connectivity index (χ1) is 14.7. The van der Waals surface area contributed by atoms with Gasteiger partial charge in [-0.1, -0.05) is 47.5 Å². The first kappa shape index (κ1) is 23.2. The van der Waals surface area contributed by atoms with Crippen molar-refractivity contribution in [2.24, 2.45) is 0 Å². The van der Waals surface area contributed by atoms with E-state index in [0.29, 0.717) is 37.3 Å². The highest BCUT2D eigenvalue weighted by Crippen LogP contribution is 2.28. The summed E-state index contributed by atoms with van der Waals surface area (Å²) in [6, 6.07) is 10.6. The number of rotatable bonds is 5. The van der Waals surface area contributed by atoms with Gasteiger partial charge in [-0.3, -0.25) is 9.59 Å². The average molecular weight is 475 g/mol. The summed E-state index contributed by atoms with van der Waals surface area (Å²) >= 11 is 12.1. The van der Waals surface area contributed by atoms with Gasteiger partial charge in [-0.05, 0) is 30.2 Å². The Morgan fingerprint density at radius 1 is 0.935 bits per heavy atom. The van der Waals surface area contributed by atoms with Crippen molar-refractivity contribution in [1.82, 2.24) is 9.80 Å². The number of hydrogen-bond acceptors (Lipinski definition) is 3. The Morgan fingerprint density at radius 2 is 1.58 bits per heavy atom. The standard InChI is InChI=1S/C21H19Cl2F3N2O3/c22-16-6-3-5-15(19(16)23)20(30)28-12-10-27(11-13-28)18(29)9-8-14-4-1-2-7-17(14)31-21(24,25)26/h1-7H,8-13H2. The Morgan fingerprint density at radius 3 is 2.26 bits per heavy atom. The summed E-state index contributed by atoms with van der Waals surface area (Å²) in [4.78, 5) is 28.4. The van der Waals surface area contributed by atoms with E-state index in [4.69, 9.17) is 23.2 Å². The molecular weight excluding hydrogens is 456 g/mol. The molecule has 2 aromatic rings. The lowest BCUT2D eigenvalue weighted by molar-refractivity contribution is -0.274. The van der Waals surface area contributed by atoms with E-state index in [0.717, 1.165) is 0 Å². The van der Waals surface area contributed by atoms with Crippen LogP contribution in [0.5, 0.6) is 5.75 Å². The number of aryl methyl sites for hydroxylation is 1. The number of carbonyl (C=O) groups is 2. The molecule has 1 fully saturated rings. The number of benzene rings is 2. The van der Waals surface area contributed by atoms with Crippen LogP contribution < -0.4 is 4.74 Å². The van der Waals surface area contributed by atoms with Crippen molar-refractivity contribution < 1.29 is 27.5 Å². The summed E-state index contributed by atoms with van der Waals surface area (Å²) in [5.41, 5.74) is 0.604. The predicted octanol–water partition coefficient (Wildman–Crippen LogP) is 4.81. The van der Waals surface area contributed by atoms with E-state index in [1.165, 1.54) is 18.2 Å². The number of para-hydroxylation sites is 1. The zero-order valence-electron chi connectivity index (χ0n) is 16.3. The number of halogens is 5. The Balaban J connectivity index is 1.54. The van der Waals surface area contributed by atoms with Crippen LogP contribution in [0.15, 0.2) is 42.5 Å². The third kappa shape index (κ3) is 6.04. The van der Waals surface area contributed by atoms with Gasteiger partial charge in [0.05, 0.1) is 15.6 Å². The maximum Gasteiger partial charge on any atom is 0.573 e. The fraction of sp³-hybridized carbons (Fsp3) is 0.333. The van der Waals surface area contributed by atoms with E-state index >= 15 is 0 Å². The van der Waals surface area contributed by atoms with E-state index < -0.39 is 6.36 Å². The van der Waals surface area contributed by atoms with Gasteiger partial charge in [0.2, 0.25) is 5.91 Å². The molecule has 166 valence electrons. The molecule has 31 heavy (non-hydrogen) atoms. The molecule has 0 saturated carbocycles. The fourth-order valence-corrected chi connectivity index (χ4v) is 3.71. The molecule has 10 heteroatoms. The highest BCUT2D eigenvalue weighted by atomic mass is 35.5. The Labute approximate surface area is 187 Å². The van der Waals surface area contributed by atoms with E-state index in [9.17, 15) is 22.8 Å². The molecule has 0 spiro atoms. The normalized spacial score (nSPS) is 14.5. The zero-order valence-corrected chi connectivity index (χ0v) is 17.8. The summed E-state index contributed by atoms with van der Waals surface area (Å²) < 4.78 is 41.6.